The van der Waals surface area contributed by atoms with Gasteiger partial charge in [-0.3, -0.25) is 18.6 Å². The number of phosphoric ester groups is 1. The smallest absolute Gasteiger partial charge is 0.456 e. The number of hydrogen-bond donors (Lipinski definition) is 2. The van der Waals surface area contributed by atoms with Crippen molar-refractivity contribution in [3.05, 3.63) is 97.2 Å². The molecular formula is C73H132N2O7P+. The zero-order valence-corrected chi connectivity index (χ0v) is 55.8. The van der Waals surface area contributed by atoms with E-state index in [-0.39, 0.29) is 31.5 Å². The Bertz CT molecular complexity index is 1740. The van der Waals surface area contributed by atoms with Crippen molar-refractivity contribution in [3.63, 3.8) is 0 Å². The summed E-state index contributed by atoms with van der Waals surface area (Å²) in [5.41, 5.74) is 0. The third kappa shape index (κ3) is 63.3. The van der Waals surface area contributed by atoms with E-state index in [1.165, 1.54) is 148 Å². The molecular weight excluding hydrogens is 1050 g/mol. The number of hydrogen-bond acceptors (Lipinski definition) is 6. The lowest BCUT2D eigenvalue weighted by Crippen LogP contribution is -2.47. The van der Waals surface area contributed by atoms with E-state index >= 15 is 0 Å². The summed E-state index contributed by atoms with van der Waals surface area (Å²) in [7, 11) is 1.48. The first-order valence-electron chi connectivity index (χ1n) is 34.6. The summed E-state index contributed by atoms with van der Waals surface area (Å²) in [6.45, 7) is 6.89. The van der Waals surface area contributed by atoms with Crippen LogP contribution in [0.5, 0.6) is 0 Å². The number of nitrogens with one attached hydrogen (secondary N) is 1. The number of nitrogens with zero attached hydrogens (tertiary/aromatic N) is 1. The van der Waals surface area contributed by atoms with E-state index in [0.29, 0.717) is 17.4 Å². The largest absolute Gasteiger partial charge is 0.472 e. The fourth-order valence-corrected chi connectivity index (χ4v) is 10.4. The molecule has 2 N–H and O–H groups in total. The van der Waals surface area contributed by atoms with Crippen LogP contribution in [0, 0.1) is 0 Å². The molecule has 3 atom stereocenters. The lowest BCUT2D eigenvalue weighted by atomic mass is 10.0. The molecule has 0 aliphatic heterocycles. The summed E-state index contributed by atoms with van der Waals surface area (Å²) in [4.78, 5) is 37.8. The Hall–Kier alpha value is -3.07. The normalized spacial score (nSPS) is 14.2. The van der Waals surface area contributed by atoms with E-state index in [0.717, 1.165) is 122 Å². The molecule has 0 aromatic rings. The van der Waals surface area contributed by atoms with Crippen molar-refractivity contribution in [2.75, 3.05) is 40.9 Å². The van der Waals surface area contributed by atoms with Gasteiger partial charge in [0.05, 0.1) is 33.8 Å². The monoisotopic (exact) mass is 1180 g/mol. The lowest BCUT2D eigenvalue weighted by Gasteiger charge is -2.27. The highest BCUT2D eigenvalue weighted by Crippen LogP contribution is 2.43. The average molecular weight is 1180 g/mol. The van der Waals surface area contributed by atoms with E-state index in [2.05, 4.69) is 111 Å². The maximum atomic E-state index is 13.6. The number of esters is 1. The Morgan fingerprint density at radius 2 is 0.771 bits per heavy atom. The highest BCUT2D eigenvalue weighted by atomic mass is 31.2. The molecule has 0 rings (SSSR count). The van der Waals surface area contributed by atoms with Crippen LogP contribution >= 0.6 is 7.82 Å². The van der Waals surface area contributed by atoms with Crippen LogP contribution in [0.2, 0.25) is 0 Å². The first kappa shape index (κ1) is 79.9. The molecule has 0 aliphatic rings. The third-order valence-corrected chi connectivity index (χ3v) is 16.0. The van der Waals surface area contributed by atoms with Crippen LogP contribution in [0.1, 0.15) is 303 Å². The van der Waals surface area contributed by atoms with Crippen LogP contribution in [0.4, 0.5) is 0 Å². The first-order valence-corrected chi connectivity index (χ1v) is 36.1. The van der Waals surface area contributed by atoms with Gasteiger partial charge >= 0.3 is 13.8 Å². The molecule has 0 bridgehead atoms. The summed E-state index contributed by atoms with van der Waals surface area (Å²) in [6, 6.07) is -0.862. The van der Waals surface area contributed by atoms with Crippen LogP contribution in [0.3, 0.4) is 0 Å². The summed E-state index contributed by atoms with van der Waals surface area (Å²) < 4.78 is 30.8. The van der Waals surface area contributed by atoms with Gasteiger partial charge in [0, 0.05) is 12.8 Å². The minimum atomic E-state index is -4.46. The minimum absolute atomic E-state index is 0.0333. The maximum absolute atomic E-state index is 13.6. The summed E-state index contributed by atoms with van der Waals surface area (Å²) in [5.74, 6) is -0.521. The van der Waals surface area contributed by atoms with Crippen LogP contribution in [0.25, 0.3) is 0 Å². The van der Waals surface area contributed by atoms with Gasteiger partial charge in [-0.25, -0.2) is 4.57 Å². The van der Waals surface area contributed by atoms with Crippen molar-refractivity contribution in [2.24, 2.45) is 0 Å². The van der Waals surface area contributed by atoms with Crippen molar-refractivity contribution >= 4 is 19.7 Å². The molecule has 1 amide bonds. The van der Waals surface area contributed by atoms with Crippen molar-refractivity contribution in [1.29, 1.82) is 0 Å². The lowest BCUT2D eigenvalue weighted by molar-refractivity contribution is -0.870. The van der Waals surface area contributed by atoms with Gasteiger partial charge in [0.2, 0.25) is 5.91 Å². The van der Waals surface area contributed by atoms with Crippen molar-refractivity contribution in [3.8, 4) is 0 Å². The van der Waals surface area contributed by atoms with Gasteiger partial charge < -0.3 is 19.4 Å². The van der Waals surface area contributed by atoms with Gasteiger partial charge in [-0.1, -0.05) is 279 Å². The van der Waals surface area contributed by atoms with Gasteiger partial charge in [-0.2, -0.15) is 0 Å². The molecule has 0 saturated carbocycles. The first-order chi connectivity index (χ1) is 40.4. The summed E-state index contributed by atoms with van der Waals surface area (Å²) >= 11 is 0. The molecule has 83 heavy (non-hydrogen) atoms. The number of carbonyl (C=O) groups excluding carboxylic acids is 2. The second kappa shape index (κ2) is 62.0. The number of unbranched alkanes of at least 4 members (excludes halogenated alkanes) is 32. The van der Waals surface area contributed by atoms with Gasteiger partial charge in [0.15, 0.2) is 0 Å². The zero-order valence-electron chi connectivity index (χ0n) is 54.9. The molecule has 0 spiro atoms. The number of rotatable bonds is 62. The number of quaternary nitrogens is 1. The predicted octanol–water partition coefficient (Wildman–Crippen LogP) is 21.9. The topological polar surface area (TPSA) is 111 Å². The van der Waals surface area contributed by atoms with Crippen molar-refractivity contribution in [2.45, 2.75) is 315 Å². The zero-order chi connectivity index (χ0) is 60.7. The van der Waals surface area contributed by atoms with E-state index in [9.17, 15) is 19.0 Å². The molecule has 9 nitrogen and oxygen atoms in total. The predicted molar refractivity (Wildman–Crippen MR) is 360 cm³/mol. The Morgan fingerprint density at radius 1 is 0.434 bits per heavy atom. The number of amides is 1. The molecule has 480 valence electrons. The average Bonchev–Trinajstić information content (AvgIpc) is 3.51. The van der Waals surface area contributed by atoms with Crippen LogP contribution < -0.4 is 5.32 Å². The Kier molecular flexibility index (Phi) is 59.7. The molecule has 0 aromatic carbocycles. The fourth-order valence-electron chi connectivity index (χ4n) is 9.70. The fraction of sp³-hybridized carbons (Fsp3) is 0.753. The third-order valence-electron chi connectivity index (χ3n) is 15.0. The van der Waals surface area contributed by atoms with Gasteiger partial charge in [-0.05, 0) is 109 Å². The molecule has 0 aliphatic carbocycles. The molecule has 3 unspecified atom stereocenters. The van der Waals surface area contributed by atoms with E-state index < -0.39 is 20.0 Å². The standard InChI is InChI=1S/C73H131N2O7P/c1-7-10-13-16-19-22-25-27-29-31-33-35-36-37-38-40-41-43-45-47-50-53-56-59-62-65-72(76)74-70(69-81-83(78,79)80-68-67-75(4,5)6)71(64-61-58-55-52-49-24-21-18-15-12-9-3)82-73(77)66-63-60-57-54-51-48-46-44-42-39-34-32-30-28-26-23-20-17-14-11-8-2/h10,13,19,22,27-30,33,35,37-38,41,43,61,64,70-71H,7-9,11-12,14-18,20-21,23-26,31-32,34,36,39-40,42,44-60,62-63,65-69H2,1-6H3,(H-,74,76,78,79)/p+1/b13-10-,22-19-,29-27-,30-28+,35-33-,38-37-,43-41-,64-61-. The Labute approximate surface area is 513 Å². The van der Waals surface area contributed by atoms with Crippen molar-refractivity contribution < 1.29 is 37.3 Å². The molecule has 0 saturated heterocycles. The molecule has 0 aromatic heterocycles. The molecule has 0 heterocycles. The SMILES string of the molecule is CC/C=C\C/C=C\C/C=C\C/C=C\C/C=C\C/C=C\CCCCCCCCC(=O)NC(COP(=O)(O)OCC[N+](C)(C)C)C(/C=C\CCCCCCCCCCC)OC(=O)CCCCCCCCCCCCC/C=C/CCCCCCCC. The number of phosphoric acid groups is 1. The van der Waals surface area contributed by atoms with E-state index in [1.807, 2.05) is 33.3 Å². The van der Waals surface area contributed by atoms with Gasteiger partial charge in [0.1, 0.15) is 19.3 Å². The minimum Gasteiger partial charge on any atom is -0.456 e. The van der Waals surface area contributed by atoms with Crippen LogP contribution in [0.15, 0.2) is 97.2 Å². The number of ether oxygens (including phenoxy) is 1. The summed E-state index contributed by atoms with van der Waals surface area (Å²) in [6.07, 6.45) is 84.1. The van der Waals surface area contributed by atoms with Crippen molar-refractivity contribution in [1.82, 2.24) is 5.32 Å². The number of carbonyl (C=O) groups is 2. The Balaban J connectivity index is 5.11. The highest BCUT2D eigenvalue weighted by molar-refractivity contribution is 7.47. The van der Waals surface area contributed by atoms with Gasteiger partial charge in [0.25, 0.3) is 0 Å². The molecule has 0 fully saturated rings. The number of likely N-dealkylation sites (N-methyl/N-ethyl adjacent to an activating group) is 1. The van der Waals surface area contributed by atoms with Crippen LogP contribution in [-0.2, 0) is 27.9 Å². The van der Waals surface area contributed by atoms with E-state index in [1.54, 1.807) is 0 Å². The molecule has 10 heteroatoms. The second-order valence-corrected chi connectivity index (χ2v) is 25.8. The summed E-state index contributed by atoms with van der Waals surface area (Å²) in [5, 5.41) is 3.06. The highest BCUT2D eigenvalue weighted by Gasteiger charge is 2.30. The quantitative estimate of drug-likeness (QED) is 0.0205. The second-order valence-electron chi connectivity index (χ2n) is 24.3. The van der Waals surface area contributed by atoms with Gasteiger partial charge in [-0.15, -0.1) is 0 Å². The van der Waals surface area contributed by atoms with E-state index in [4.69, 9.17) is 13.8 Å². The number of allylic oxidation sites excluding steroid dienone is 15. The Morgan fingerprint density at radius 3 is 1.17 bits per heavy atom. The maximum Gasteiger partial charge on any atom is 0.472 e. The van der Waals surface area contributed by atoms with Crippen LogP contribution in [-0.4, -0.2) is 74.3 Å². The molecule has 0 radical (unpaired) electrons.